The van der Waals surface area contributed by atoms with Crippen molar-refractivity contribution in [3.05, 3.63) is 40.8 Å². The number of methoxy groups -OCH3 is 1. The predicted molar refractivity (Wildman–Crippen MR) is 117 cm³/mol. The Bertz CT molecular complexity index is 870. The van der Waals surface area contributed by atoms with Crippen LogP contribution in [0, 0.1) is 0 Å². The van der Waals surface area contributed by atoms with Gasteiger partial charge in [0.25, 0.3) is 0 Å². The minimum absolute atomic E-state index is 0.123. The van der Waals surface area contributed by atoms with Gasteiger partial charge in [-0.3, -0.25) is 10.2 Å². The van der Waals surface area contributed by atoms with E-state index in [-0.39, 0.29) is 18.3 Å². The monoisotopic (exact) mass is 486 g/mol. The fraction of sp³-hybridized carbons (Fsp3) is 0.529. The Balaban J connectivity index is 1.46. The molecular weight excluding hydrogens is 464 g/mol. The highest BCUT2D eigenvalue weighted by atomic mass is 35.5. The number of thioether (sulfide) groups is 1. The lowest BCUT2D eigenvalue weighted by molar-refractivity contribution is -0.0950. The Kier molecular flexibility index (Phi) is 6.06. The van der Waals surface area contributed by atoms with Crippen molar-refractivity contribution in [2.45, 2.75) is 41.1 Å². The third-order valence-corrected chi connectivity index (χ3v) is 7.95. The van der Waals surface area contributed by atoms with Crippen LogP contribution in [0.1, 0.15) is 0 Å². The van der Waals surface area contributed by atoms with Crippen molar-refractivity contribution in [3.8, 4) is 0 Å². The van der Waals surface area contributed by atoms with Crippen molar-refractivity contribution in [2.75, 3.05) is 20.4 Å². The normalized spacial score (nSPS) is 39.7. The molecule has 6 N–H and O–H groups in total. The van der Waals surface area contributed by atoms with Crippen LogP contribution >= 0.6 is 31.2 Å². The van der Waals surface area contributed by atoms with Gasteiger partial charge in [0.15, 0.2) is 17.8 Å². The number of nitrogens with two attached hydrogens (primary N) is 1. The molecule has 4 aliphatic rings. The van der Waals surface area contributed by atoms with E-state index in [0.29, 0.717) is 11.7 Å². The standard InChI is InChI=1S/C17H23BClN5O5PS/c1-26-13-12-10(6-27-30(18,25)29-12)28-16(13)24-15-11(14(20)21-7-22-15)23-17(24)31-9-4-2-8(19)3-5-9/h2-5,10,12-14,16-17,21-23,25H,6-7,20H2,1H3/q+1/t10?,12-,13?,14?,16?,17?,30?/m1/s1. The number of nitrogens with one attached hydrogen (secondary N) is 3. The van der Waals surface area contributed by atoms with Crippen molar-refractivity contribution in [1.82, 2.24) is 20.9 Å². The van der Waals surface area contributed by atoms with Gasteiger partial charge in [0.05, 0.1) is 12.4 Å². The Morgan fingerprint density at radius 1 is 1.39 bits per heavy atom. The molecule has 0 bridgehead atoms. The molecule has 0 amide bonds. The third-order valence-electron chi connectivity index (χ3n) is 5.52. The molecule has 0 aromatic heterocycles. The van der Waals surface area contributed by atoms with E-state index in [1.807, 2.05) is 24.3 Å². The molecule has 0 spiro atoms. The molecule has 4 heterocycles. The number of ether oxygens (including phenoxy) is 2. The summed E-state index contributed by atoms with van der Waals surface area (Å²) in [5, 5.41) is 10.7. The van der Waals surface area contributed by atoms with E-state index in [4.69, 9.17) is 43.4 Å². The van der Waals surface area contributed by atoms with Crippen LogP contribution < -0.4 is 21.7 Å². The van der Waals surface area contributed by atoms with Crippen LogP contribution in [0.15, 0.2) is 40.7 Å². The van der Waals surface area contributed by atoms with Gasteiger partial charge in [0.1, 0.15) is 30.8 Å². The summed E-state index contributed by atoms with van der Waals surface area (Å²) in [6.07, 6.45) is -2.41. The number of fused-ring (bicyclic) bond motifs is 1. The molecule has 2 radical (unpaired) electrons. The maximum absolute atomic E-state index is 10.1. The molecular formula is C17H23BClN5O5PS+. The number of rotatable bonds is 4. The molecule has 14 heteroatoms. The van der Waals surface area contributed by atoms with Crippen LogP contribution in [0.3, 0.4) is 0 Å². The molecule has 0 aliphatic carbocycles. The van der Waals surface area contributed by atoms with Crippen molar-refractivity contribution >= 4 is 38.8 Å². The predicted octanol–water partition coefficient (Wildman–Crippen LogP) is 0.219. The third kappa shape index (κ3) is 4.15. The van der Waals surface area contributed by atoms with Crippen LogP contribution in [-0.4, -0.2) is 73.9 Å². The van der Waals surface area contributed by atoms with Crippen LogP contribution in [0.5, 0.6) is 0 Å². The second kappa shape index (κ2) is 8.53. The first-order valence-electron chi connectivity index (χ1n) is 9.72. The molecule has 5 rings (SSSR count). The highest BCUT2D eigenvalue weighted by Crippen LogP contribution is 2.58. The molecule has 166 valence electrons. The van der Waals surface area contributed by atoms with E-state index in [1.54, 1.807) is 18.9 Å². The molecule has 10 nitrogen and oxygen atoms in total. The summed E-state index contributed by atoms with van der Waals surface area (Å²) in [5.41, 5.74) is 6.86. The summed E-state index contributed by atoms with van der Waals surface area (Å²) >= 11 is 7.63. The van der Waals surface area contributed by atoms with Gasteiger partial charge >= 0.3 is 15.4 Å². The first-order valence-corrected chi connectivity index (χ1v) is 12.6. The minimum atomic E-state index is -3.40. The van der Waals surface area contributed by atoms with E-state index >= 15 is 0 Å². The Labute approximate surface area is 191 Å². The van der Waals surface area contributed by atoms with Gasteiger partial charge in [-0.15, -0.1) is 0 Å². The Morgan fingerprint density at radius 3 is 2.90 bits per heavy atom. The highest BCUT2D eigenvalue weighted by Gasteiger charge is 2.60. The highest BCUT2D eigenvalue weighted by molar-refractivity contribution is 7.99. The van der Waals surface area contributed by atoms with E-state index < -0.39 is 32.4 Å². The minimum Gasteiger partial charge on any atom is -0.374 e. The first kappa shape index (κ1) is 22.0. The second-order valence-electron chi connectivity index (χ2n) is 7.47. The maximum atomic E-state index is 10.1. The summed E-state index contributed by atoms with van der Waals surface area (Å²) in [6, 6.07) is 7.60. The molecule has 31 heavy (non-hydrogen) atoms. The number of benzene rings is 1. The number of hydrogen-bond donors (Lipinski definition) is 5. The van der Waals surface area contributed by atoms with Gasteiger partial charge in [-0.2, -0.15) is 9.05 Å². The van der Waals surface area contributed by atoms with Crippen LogP contribution in [0.25, 0.3) is 0 Å². The van der Waals surface area contributed by atoms with Gasteiger partial charge in [-0.25, -0.2) is 4.89 Å². The molecule has 2 saturated heterocycles. The van der Waals surface area contributed by atoms with Crippen molar-refractivity contribution in [3.63, 3.8) is 0 Å². The van der Waals surface area contributed by atoms with Crippen molar-refractivity contribution in [2.24, 2.45) is 5.73 Å². The number of hydrogen-bond acceptors (Lipinski definition) is 11. The van der Waals surface area contributed by atoms with Gasteiger partial charge in [0.2, 0.25) is 0 Å². The second-order valence-corrected chi connectivity index (χ2v) is 10.7. The Hall–Kier alpha value is -0.785. The topological polar surface area (TPSA) is 123 Å². The zero-order chi connectivity index (χ0) is 21.8. The fourth-order valence-electron chi connectivity index (χ4n) is 4.12. The average Bonchev–Trinajstić information content (AvgIpc) is 3.26. The lowest BCUT2D eigenvalue weighted by atomic mass is 10.1. The number of halogens is 1. The fourth-order valence-corrected chi connectivity index (χ4v) is 6.34. The molecule has 1 aromatic carbocycles. The maximum Gasteiger partial charge on any atom is 0.488 e. The zero-order valence-corrected chi connectivity index (χ0v) is 19.1. The van der Waals surface area contributed by atoms with Gasteiger partial charge < -0.3 is 25.8 Å². The summed E-state index contributed by atoms with van der Waals surface area (Å²) in [6.45, 7) is 0.625. The van der Waals surface area contributed by atoms with E-state index in [0.717, 1.165) is 16.4 Å². The quantitative estimate of drug-likeness (QED) is 0.297. The summed E-state index contributed by atoms with van der Waals surface area (Å²) in [7, 11) is 3.92. The molecule has 7 atom stereocenters. The van der Waals surface area contributed by atoms with E-state index in [1.165, 1.54) is 0 Å². The smallest absolute Gasteiger partial charge is 0.374 e. The van der Waals surface area contributed by atoms with Crippen LogP contribution in [-0.2, 0) is 18.5 Å². The molecule has 4 aliphatic heterocycles. The average molecular weight is 487 g/mol. The molecule has 1 aromatic rings. The van der Waals surface area contributed by atoms with Gasteiger partial charge in [0, 0.05) is 17.0 Å². The Morgan fingerprint density at radius 2 is 2.16 bits per heavy atom. The first-order chi connectivity index (χ1) is 14.9. The van der Waals surface area contributed by atoms with Crippen molar-refractivity contribution in [1.29, 1.82) is 0 Å². The lowest BCUT2D eigenvalue weighted by Crippen LogP contribution is -2.53. The SMILES string of the molecule is [B][P+]1(O)OCC2OC(N3C4=C(NC3Sc3ccc(Cl)cc3)C(N)NCN4)C(OC)[C@@H]2O1. The molecule has 2 fully saturated rings. The largest absolute Gasteiger partial charge is 0.488 e. The lowest BCUT2D eigenvalue weighted by Gasteiger charge is -2.36. The molecule has 6 unspecified atom stereocenters. The van der Waals surface area contributed by atoms with Crippen LogP contribution in [0.4, 0.5) is 0 Å². The van der Waals surface area contributed by atoms with Crippen LogP contribution in [0.2, 0.25) is 5.02 Å². The van der Waals surface area contributed by atoms with Crippen molar-refractivity contribution < 1.29 is 23.4 Å². The summed E-state index contributed by atoms with van der Waals surface area (Å²) in [4.78, 5) is 13.2. The summed E-state index contributed by atoms with van der Waals surface area (Å²) in [5.74, 6) is 0.821. The number of nitrogens with zero attached hydrogens (tertiary/aromatic N) is 1. The zero-order valence-electron chi connectivity index (χ0n) is 16.6. The van der Waals surface area contributed by atoms with E-state index in [9.17, 15) is 4.89 Å². The summed E-state index contributed by atoms with van der Waals surface area (Å²) < 4.78 is 23.0. The molecule has 0 saturated carbocycles. The van der Waals surface area contributed by atoms with Gasteiger partial charge in [-0.05, 0) is 24.3 Å². The van der Waals surface area contributed by atoms with E-state index in [2.05, 4.69) is 20.9 Å². The van der Waals surface area contributed by atoms with Gasteiger partial charge in [-0.1, -0.05) is 23.4 Å².